The van der Waals surface area contributed by atoms with Gasteiger partial charge in [-0.05, 0) is 35.7 Å². The second-order valence-corrected chi connectivity index (χ2v) is 10.3. The van der Waals surface area contributed by atoms with Crippen LogP contribution in [0.4, 0.5) is 0 Å². The van der Waals surface area contributed by atoms with Crippen LogP contribution in [0.15, 0.2) is 83.8 Å². The van der Waals surface area contributed by atoms with Gasteiger partial charge in [-0.15, -0.1) is 11.8 Å². The van der Waals surface area contributed by atoms with Crippen LogP contribution < -0.4 is 5.32 Å². The highest BCUT2D eigenvalue weighted by Crippen LogP contribution is 2.39. The van der Waals surface area contributed by atoms with Crippen LogP contribution >= 0.6 is 11.8 Å². The Morgan fingerprint density at radius 1 is 0.974 bits per heavy atom. The largest absolute Gasteiger partial charge is 0.453 e. The molecule has 1 aliphatic heterocycles. The molecule has 1 fully saturated rings. The fourth-order valence-corrected chi connectivity index (χ4v) is 5.10. The van der Waals surface area contributed by atoms with E-state index in [-0.39, 0.29) is 24.7 Å². The van der Waals surface area contributed by atoms with E-state index in [1.807, 2.05) is 66.7 Å². The summed E-state index contributed by atoms with van der Waals surface area (Å²) in [6.07, 6.45) is -0.836. The third kappa shape index (κ3) is 7.91. The maximum atomic E-state index is 12.1. The molecule has 0 spiro atoms. The van der Waals surface area contributed by atoms with Crippen molar-refractivity contribution in [3.63, 3.8) is 0 Å². The summed E-state index contributed by atoms with van der Waals surface area (Å²) in [5.74, 6) is -0.0515. The molecule has 2 N–H and O–H groups in total. The lowest BCUT2D eigenvalue weighted by Crippen LogP contribution is -2.35. The third-order valence-electron chi connectivity index (χ3n) is 6.22. The van der Waals surface area contributed by atoms with E-state index in [0.29, 0.717) is 6.54 Å². The van der Waals surface area contributed by atoms with Gasteiger partial charge in [0, 0.05) is 36.1 Å². The number of carbonyl (C=O) groups excluding carboxylic acids is 2. The predicted molar refractivity (Wildman–Crippen MR) is 145 cm³/mol. The van der Waals surface area contributed by atoms with Crippen molar-refractivity contribution in [3.05, 3.63) is 101 Å². The Hall–Kier alpha value is -3.17. The Bertz CT molecular complexity index is 1190. The summed E-state index contributed by atoms with van der Waals surface area (Å²) in [6.45, 7) is 3.13. The first-order valence-electron chi connectivity index (χ1n) is 12.6. The van der Waals surface area contributed by atoms with Gasteiger partial charge in [0.15, 0.2) is 12.4 Å². The normalized spacial score (nSPS) is 19.9. The van der Waals surface area contributed by atoms with Crippen molar-refractivity contribution < 1.29 is 28.9 Å². The number of esters is 1. The number of hydrogen-bond acceptors (Lipinski definition) is 7. The van der Waals surface area contributed by atoms with Crippen molar-refractivity contribution in [2.24, 2.45) is 0 Å². The minimum Gasteiger partial charge on any atom is -0.453 e. The molecule has 0 unspecified atom stereocenters. The van der Waals surface area contributed by atoms with E-state index < -0.39 is 18.4 Å². The lowest BCUT2D eigenvalue weighted by Gasteiger charge is -2.36. The zero-order valence-electron chi connectivity index (χ0n) is 21.5. The predicted octanol–water partition coefficient (Wildman–Crippen LogP) is 5.08. The number of rotatable bonds is 10. The molecular formula is C30H33NO6S. The van der Waals surface area contributed by atoms with Crippen LogP contribution in [0, 0.1) is 0 Å². The Morgan fingerprint density at radius 2 is 1.63 bits per heavy atom. The average molecular weight is 536 g/mol. The number of ether oxygens (including phenoxy) is 3. The highest BCUT2D eigenvalue weighted by molar-refractivity contribution is 7.99. The summed E-state index contributed by atoms with van der Waals surface area (Å²) in [5, 5.41) is 12.2. The third-order valence-corrected chi connectivity index (χ3v) is 7.37. The maximum Gasteiger partial charge on any atom is 0.303 e. The number of nitrogens with one attached hydrogen (secondary N) is 1. The Balaban J connectivity index is 1.43. The van der Waals surface area contributed by atoms with E-state index in [1.54, 1.807) is 11.8 Å². The van der Waals surface area contributed by atoms with Gasteiger partial charge in [-0.2, -0.15) is 0 Å². The highest BCUT2D eigenvalue weighted by Gasteiger charge is 2.32. The minimum absolute atomic E-state index is 0.00332. The number of benzene rings is 3. The summed E-state index contributed by atoms with van der Waals surface area (Å²) in [7, 11) is 0. The van der Waals surface area contributed by atoms with Crippen LogP contribution in [-0.4, -0.2) is 34.9 Å². The standard InChI is InChI=1S/C30H33NO6S/c1-20(35-21(2)33)29(34)31-17-22-8-14-25(15-9-22)30-36-26(19-38-27-6-4-3-5-7-27)16-28(37-30)24-12-10-23(18-32)11-13-24/h3-15,20,26,28,30,32H,16-19H2,1-2H3,(H,31,34)/t20-,26+,28-,30-/m0/s1. The monoisotopic (exact) mass is 535 g/mol. The molecule has 3 aromatic rings. The second-order valence-electron chi connectivity index (χ2n) is 9.19. The first kappa shape index (κ1) is 27.9. The fraction of sp³-hybridized carbons (Fsp3) is 0.333. The van der Waals surface area contributed by atoms with E-state index >= 15 is 0 Å². The summed E-state index contributed by atoms with van der Waals surface area (Å²) < 4.78 is 17.7. The van der Waals surface area contributed by atoms with Crippen LogP contribution in [0.3, 0.4) is 0 Å². The summed E-state index contributed by atoms with van der Waals surface area (Å²) in [5.41, 5.74) is 3.70. The van der Waals surface area contributed by atoms with Gasteiger partial charge in [-0.1, -0.05) is 66.7 Å². The zero-order chi connectivity index (χ0) is 26.9. The van der Waals surface area contributed by atoms with Crippen molar-refractivity contribution >= 4 is 23.6 Å². The molecule has 1 heterocycles. The number of aliphatic hydroxyl groups is 1. The van der Waals surface area contributed by atoms with Crippen LogP contribution in [0.1, 0.15) is 54.9 Å². The number of hydrogen-bond donors (Lipinski definition) is 2. The Morgan fingerprint density at radius 3 is 2.29 bits per heavy atom. The van der Waals surface area contributed by atoms with Crippen LogP contribution in [0.25, 0.3) is 0 Å². The van der Waals surface area contributed by atoms with Crippen LogP contribution in [-0.2, 0) is 37.0 Å². The molecule has 4 atom stereocenters. The SMILES string of the molecule is CC(=O)O[C@@H](C)C(=O)NCc1ccc([C@H]2O[C@@H](CSc3ccccc3)C[C@@H](c3ccc(CO)cc3)O2)cc1. The highest BCUT2D eigenvalue weighted by atomic mass is 32.2. The van der Waals surface area contributed by atoms with E-state index in [0.717, 1.165) is 34.4 Å². The van der Waals surface area contributed by atoms with E-state index in [2.05, 4.69) is 17.4 Å². The molecule has 38 heavy (non-hydrogen) atoms. The zero-order valence-corrected chi connectivity index (χ0v) is 22.4. The number of carbonyl (C=O) groups is 2. The van der Waals surface area contributed by atoms with Crippen molar-refractivity contribution in [2.45, 2.75) is 62.9 Å². The lowest BCUT2D eigenvalue weighted by molar-refractivity contribution is -0.245. The quantitative estimate of drug-likeness (QED) is 0.276. The molecule has 200 valence electrons. The molecule has 7 nitrogen and oxygen atoms in total. The molecule has 1 aliphatic rings. The number of thioether (sulfide) groups is 1. The Labute approximate surface area is 227 Å². The first-order chi connectivity index (χ1) is 18.4. The Kier molecular flexibility index (Phi) is 9.95. The topological polar surface area (TPSA) is 94.1 Å². The van der Waals surface area contributed by atoms with Gasteiger partial charge in [-0.25, -0.2) is 0 Å². The molecule has 1 amide bonds. The van der Waals surface area contributed by atoms with Crippen molar-refractivity contribution in [2.75, 3.05) is 5.75 Å². The van der Waals surface area contributed by atoms with Gasteiger partial charge in [0.25, 0.3) is 5.91 Å². The van der Waals surface area contributed by atoms with Gasteiger partial charge in [0.1, 0.15) is 0 Å². The van der Waals surface area contributed by atoms with Crippen LogP contribution in [0.5, 0.6) is 0 Å². The molecule has 0 saturated carbocycles. The molecule has 0 bridgehead atoms. The molecule has 8 heteroatoms. The van der Waals surface area contributed by atoms with Crippen molar-refractivity contribution in [3.8, 4) is 0 Å². The molecule has 3 aromatic carbocycles. The minimum atomic E-state index is -0.843. The molecule has 0 radical (unpaired) electrons. The first-order valence-corrected chi connectivity index (χ1v) is 13.6. The van der Waals surface area contributed by atoms with Crippen molar-refractivity contribution in [1.29, 1.82) is 0 Å². The van der Waals surface area contributed by atoms with Gasteiger partial charge in [-0.3, -0.25) is 9.59 Å². The lowest BCUT2D eigenvalue weighted by atomic mass is 10.0. The van der Waals surface area contributed by atoms with Gasteiger partial charge in [0.05, 0.1) is 18.8 Å². The molecular weight excluding hydrogens is 502 g/mol. The van der Waals surface area contributed by atoms with Gasteiger partial charge < -0.3 is 24.6 Å². The maximum absolute atomic E-state index is 12.1. The van der Waals surface area contributed by atoms with Gasteiger partial charge in [0.2, 0.25) is 0 Å². The second kappa shape index (κ2) is 13.6. The summed E-state index contributed by atoms with van der Waals surface area (Å²) in [6, 6.07) is 25.8. The van der Waals surface area contributed by atoms with Crippen LogP contribution in [0.2, 0.25) is 0 Å². The molecule has 4 rings (SSSR count). The van der Waals surface area contributed by atoms with E-state index in [9.17, 15) is 14.7 Å². The summed E-state index contributed by atoms with van der Waals surface area (Å²) >= 11 is 1.76. The van der Waals surface area contributed by atoms with E-state index in [4.69, 9.17) is 14.2 Å². The van der Waals surface area contributed by atoms with Gasteiger partial charge >= 0.3 is 5.97 Å². The number of aliphatic hydroxyl groups excluding tert-OH is 1. The fourth-order valence-electron chi connectivity index (χ4n) is 4.16. The van der Waals surface area contributed by atoms with Crippen molar-refractivity contribution in [1.82, 2.24) is 5.32 Å². The smallest absolute Gasteiger partial charge is 0.303 e. The molecule has 0 aliphatic carbocycles. The number of amides is 1. The van der Waals surface area contributed by atoms with E-state index in [1.165, 1.54) is 18.7 Å². The molecule has 0 aromatic heterocycles. The average Bonchev–Trinajstić information content (AvgIpc) is 2.95. The molecule has 1 saturated heterocycles. The summed E-state index contributed by atoms with van der Waals surface area (Å²) in [4.78, 5) is 24.4.